The Morgan fingerprint density at radius 3 is 2.50 bits per heavy atom. The molecule has 0 radical (unpaired) electrons. The fourth-order valence-electron chi connectivity index (χ4n) is 2.32. The van der Waals surface area contributed by atoms with Crippen molar-refractivity contribution < 1.29 is 4.79 Å². The van der Waals surface area contributed by atoms with E-state index < -0.39 is 0 Å². The van der Waals surface area contributed by atoms with Gasteiger partial charge in [0.15, 0.2) is 0 Å². The minimum Gasteiger partial charge on any atom is -0.355 e. The van der Waals surface area contributed by atoms with E-state index in [0.29, 0.717) is 12.2 Å². The molecule has 4 heteroatoms. The van der Waals surface area contributed by atoms with Crippen molar-refractivity contribution in [2.24, 2.45) is 0 Å². The number of hydrogen-bond acceptors (Lipinski definition) is 3. The molecule has 0 saturated heterocycles. The molecule has 2 rings (SSSR count). The van der Waals surface area contributed by atoms with Gasteiger partial charge in [0.2, 0.25) is 0 Å². The van der Waals surface area contributed by atoms with Gasteiger partial charge in [-0.2, -0.15) is 0 Å². The van der Waals surface area contributed by atoms with Crippen LogP contribution in [0.15, 0.2) is 36.5 Å². The maximum atomic E-state index is 12.0. The van der Waals surface area contributed by atoms with Crippen LogP contribution in [0.1, 0.15) is 41.4 Å². The molecule has 2 aromatic rings. The number of nitrogens with one attached hydrogen (secondary N) is 2. The van der Waals surface area contributed by atoms with Crippen LogP contribution in [0.5, 0.6) is 0 Å². The Bertz CT molecular complexity index is 632. The Hall–Kier alpha value is -2.36. The summed E-state index contributed by atoms with van der Waals surface area (Å²) in [6, 6.07) is 9.92. The lowest BCUT2D eigenvalue weighted by atomic mass is 10.1. The second kappa shape index (κ2) is 7.59. The van der Waals surface area contributed by atoms with Crippen LogP contribution in [0.25, 0.3) is 0 Å². The van der Waals surface area contributed by atoms with Gasteiger partial charge in [0.25, 0.3) is 5.91 Å². The number of aryl methyl sites for hydroxylation is 2. The van der Waals surface area contributed by atoms with Crippen molar-refractivity contribution >= 4 is 17.3 Å². The zero-order valence-corrected chi connectivity index (χ0v) is 13.4. The smallest absolute Gasteiger partial charge is 0.269 e. The van der Waals surface area contributed by atoms with E-state index in [2.05, 4.69) is 54.6 Å². The van der Waals surface area contributed by atoms with Crippen LogP contribution in [0.3, 0.4) is 0 Å². The average Bonchev–Trinajstić information content (AvgIpc) is 2.46. The molecule has 1 aromatic carbocycles. The molecule has 0 aliphatic rings. The number of rotatable bonds is 6. The van der Waals surface area contributed by atoms with Crippen molar-refractivity contribution in [3.63, 3.8) is 0 Å². The number of hydrogen-bond donors (Lipinski definition) is 2. The summed E-state index contributed by atoms with van der Waals surface area (Å²) in [6.45, 7) is 6.92. The van der Waals surface area contributed by atoms with Crippen molar-refractivity contribution in [2.75, 3.05) is 11.9 Å². The van der Waals surface area contributed by atoms with Gasteiger partial charge < -0.3 is 10.6 Å². The number of nitrogens with zero attached hydrogens (tertiary/aromatic N) is 1. The summed E-state index contributed by atoms with van der Waals surface area (Å²) >= 11 is 0. The van der Waals surface area contributed by atoms with E-state index in [0.717, 1.165) is 24.2 Å². The normalized spacial score (nSPS) is 10.3. The third kappa shape index (κ3) is 4.58. The van der Waals surface area contributed by atoms with E-state index in [9.17, 15) is 4.79 Å². The van der Waals surface area contributed by atoms with Gasteiger partial charge in [-0.15, -0.1) is 0 Å². The minimum atomic E-state index is -0.127. The van der Waals surface area contributed by atoms with Crippen LogP contribution < -0.4 is 10.6 Å². The number of pyridine rings is 1. The van der Waals surface area contributed by atoms with E-state index in [-0.39, 0.29) is 5.91 Å². The molecule has 1 aromatic heterocycles. The zero-order valence-electron chi connectivity index (χ0n) is 13.4. The number of unbranched alkanes of at least 4 members (excludes halogenated alkanes) is 1. The van der Waals surface area contributed by atoms with Gasteiger partial charge in [-0.05, 0) is 55.7 Å². The monoisotopic (exact) mass is 297 g/mol. The van der Waals surface area contributed by atoms with Gasteiger partial charge in [0, 0.05) is 24.1 Å². The molecule has 0 fully saturated rings. The summed E-state index contributed by atoms with van der Waals surface area (Å²) in [5.74, 6) is -0.127. The zero-order chi connectivity index (χ0) is 15.9. The molecule has 0 bridgehead atoms. The van der Waals surface area contributed by atoms with Crippen LogP contribution in [0.2, 0.25) is 0 Å². The summed E-state index contributed by atoms with van der Waals surface area (Å²) in [5.41, 5.74) is 4.72. The minimum absolute atomic E-state index is 0.127. The molecule has 0 aliphatic heterocycles. The number of carbonyl (C=O) groups is 1. The third-order valence-electron chi connectivity index (χ3n) is 3.32. The van der Waals surface area contributed by atoms with Gasteiger partial charge in [0.05, 0.1) is 0 Å². The lowest BCUT2D eigenvalue weighted by Crippen LogP contribution is -2.25. The SMILES string of the molecule is CCCCNC(=O)c1cc(Nc2cc(C)cc(C)c2)ccn1. The molecule has 116 valence electrons. The van der Waals surface area contributed by atoms with E-state index in [1.807, 2.05) is 6.07 Å². The van der Waals surface area contributed by atoms with Crippen LogP contribution in [0.4, 0.5) is 11.4 Å². The fraction of sp³-hybridized carbons (Fsp3) is 0.333. The Morgan fingerprint density at radius 2 is 1.82 bits per heavy atom. The number of anilines is 2. The predicted molar refractivity (Wildman–Crippen MR) is 90.7 cm³/mol. The van der Waals surface area contributed by atoms with Gasteiger partial charge in [-0.3, -0.25) is 9.78 Å². The van der Waals surface area contributed by atoms with Crippen molar-refractivity contribution in [1.82, 2.24) is 10.3 Å². The highest BCUT2D eigenvalue weighted by molar-refractivity contribution is 5.93. The Labute approximate surface area is 132 Å². The quantitative estimate of drug-likeness (QED) is 0.793. The van der Waals surface area contributed by atoms with Gasteiger partial charge in [-0.1, -0.05) is 19.4 Å². The molecular weight excluding hydrogens is 274 g/mol. The van der Waals surface area contributed by atoms with Crippen molar-refractivity contribution in [3.8, 4) is 0 Å². The summed E-state index contributed by atoms with van der Waals surface area (Å²) in [5, 5.41) is 6.21. The number of amides is 1. The number of benzene rings is 1. The van der Waals surface area contributed by atoms with E-state index >= 15 is 0 Å². The highest BCUT2D eigenvalue weighted by Gasteiger charge is 2.07. The lowest BCUT2D eigenvalue weighted by molar-refractivity contribution is 0.0948. The molecular formula is C18H23N3O. The summed E-state index contributed by atoms with van der Waals surface area (Å²) in [4.78, 5) is 16.2. The summed E-state index contributed by atoms with van der Waals surface area (Å²) < 4.78 is 0. The molecule has 0 aliphatic carbocycles. The molecule has 1 amide bonds. The molecule has 0 unspecified atom stereocenters. The van der Waals surface area contributed by atoms with Crippen LogP contribution >= 0.6 is 0 Å². The topological polar surface area (TPSA) is 54.0 Å². The van der Waals surface area contributed by atoms with E-state index in [1.165, 1.54) is 11.1 Å². The molecule has 4 nitrogen and oxygen atoms in total. The highest BCUT2D eigenvalue weighted by atomic mass is 16.1. The predicted octanol–water partition coefficient (Wildman–Crippen LogP) is 3.97. The highest BCUT2D eigenvalue weighted by Crippen LogP contribution is 2.19. The van der Waals surface area contributed by atoms with Crippen molar-refractivity contribution in [1.29, 1.82) is 0 Å². The summed E-state index contributed by atoms with van der Waals surface area (Å²) in [6.07, 6.45) is 3.69. The van der Waals surface area contributed by atoms with Crippen LogP contribution in [-0.4, -0.2) is 17.4 Å². The van der Waals surface area contributed by atoms with E-state index in [1.54, 1.807) is 12.3 Å². The van der Waals surface area contributed by atoms with E-state index in [4.69, 9.17) is 0 Å². The van der Waals surface area contributed by atoms with Gasteiger partial charge in [-0.25, -0.2) is 0 Å². The van der Waals surface area contributed by atoms with Gasteiger partial charge >= 0.3 is 0 Å². The fourth-order valence-corrected chi connectivity index (χ4v) is 2.32. The first kappa shape index (κ1) is 16.0. The number of carbonyl (C=O) groups excluding carboxylic acids is 1. The van der Waals surface area contributed by atoms with Crippen LogP contribution in [0, 0.1) is 13.8 Å². The third-order valence-corrected chi connectivity index (χ3v) is 3.32. The Morgan fingerprint density at radius 1 is 1.09 bits per heavy atom. The lowest BCUT2D eigenvalue weighted by Gasteiger charge is -2.10. The van der Waals surface area contributed by atoms with Crippen LogP contribution in [-0.2, 0) is 0 Å². The van der Waals surface area contributed by atoms with Crippen molar-refractivity contribution in [3.05, 3.63) is 53.3 Å². The Balaban J connectivity index is 2.09. The average molecular weight is 297 g/mol. The molecule has 0 spiro atoms. The van der Waals surface area contributed by atoms with Crippen molar-refractivity contribution in [2.45, 2.75) is 33.6 Å². The standard InChI is InChI=1S/C18H23N3O/c1-4-5-7-20-18(22)17-12-15(6-8-19-17)21-16-10-13(2)9-14(3)11-16/h6,8-12H,4-5,7H2,1-3H3,(H,19,21)(H,20,22). The first-order valence-corrected chi connectivity index (χ1v) is 7.68. The first-order chi connectivity index (χ1) is 10.6. The second-order valence-corrected chi connectivity index (χ2v) is 5.54. The maximum absolute atomic E-state index is 12.0. The second-order valence-electron chi connectivity index (χ2n) is 5.54. The molecule has 2 N–H and O–H groups in total. The maximum Gasteiger partial charge on any atom is 0.269 e. The summed E-state index contributed by atoms with van der Waals surface area (Å²) in [7, 11) is 0. The number of aromatic nitrogens is 1. The molecule has 22 heavy (non-hydrogen) atoms. The Kier molecular flexibility index (Phi) is 5.53. The van der Waals surface area contributed by atoms with Gasteiger partial charge in [0.1, 0.15) is 5.69 Å². The molecule has 0 saturated carbocycles. The first-order valence-electron chi connectivity index (χ1n) is 7.68. The molecule has 0 atom stereocenters. The molecule has 1 heterocycles. The largest absolute Gasteiger partial charge is 0.355 e.